The Kier molecular flexibility index (Phi) is 4.54. The number of rotatable bonds is 4. The molecule has 0 saturated heterocycles. The van der Waals surface area contributed by atoms with Gasteiger partial charge in [0, 0.05) is 11.6 Å². The van der Waals surface area contributed by atoms with Crippen molar-refractivity contribution >= 4 is 34.1 Å². The largest absolute Gasteiger partial charge is 0.324 e. The van der Waals surface area contributed by atoms with E-state index in [1.165, 1.54) is 38.5 Å². The fourth-order valence-electron chi connectivity index (χ4n) is 10.6. The highest BCUT2D eigenvalue weighted by Crippen LogP contribution is 2.61. The van der Waals surface area contributed by atoms with Crippen LogP contribution in [0.1, 0.15) is 77.0 Å². The van der Waals surface area contributed by atoms with Crippen molar-refractivity contribution in [2.75, 3.05) is 10.6 Å². The lowest BCUT2D eigenvalue weighted by Gasteiger charge is -2.56. The number of amides is 2. The number of pyridine rings is 1. The van der Waals surface area contributed by atoms with Crippen molar-refractivity contribution in [1.29, 1.82) is 0 Å². The molecule has 8 bridgehead atoms. The van der Waals surface area contributed by atoms with Crippen LogP contribution in [-0.4, -0.2) is 16.8 Å². The molecule has 8 aliphatic carbocycles. The molecule has 2 N–H and O–H groups in total. The second kappa shape index (κ2) is 7.55. The molecule has 0 aliphatic heterocycles. The first-order valence-corrected chi connectivity index (χ1v) is 14.5. The predicted octanol–water partition coefficient (Wildman–Crippen LogP) is 6.54. The third-order valence-electron chi connectivity index (χ3n) is 11.3. The maximum absolute atomic E-state index is 13.9. The Balaban J connectivity index is 1.11. The van der Waals surface area contributed by atoms with Gasteiger partial charge in [-0.15, -0.1) is 0 Å². The van der Waals surface area contributed by atoms with Crippen LogP contribution in [0.15, 0.2) is 30.5 Å². The summed E-state index contributed by atoms with van der Waals surface area (Å²) in [6.07, 6.45) is 15.9. The molecule has 1 aromatic carbocycles. The number of carbonyl (C=O) groups is 2. The zero-order valence-electron chi connectivity index (χ0n) is 21.1. The van der Waals surface area contributed by atoms with Crippen molar-refractivity contribution in [3.63, 3.8) is 0 Å². The number of hydrogen-bond donors (Lipinski definition) is 2. The van der Waals surface area contributed by atoms with Gasteiger partial charge in [-0.1, -0.05) is 6.07 Å². The standard InChI is InChI=1S/C31H37N3O2/c35-28(30-12-18-4-19(13-30)6-20(5-18)14-30)33-26-10-24-2-1-3-32-25(24)11-27(26)34-29(36)31-15-21-7-22(16-31)9-23(8-21)17-31/h1-3,10-11,18-23H,4-9,12-17H2,(H,33,35)(H,34,36). The monoisotopic (exact) mass is 483 g/mol. The Morgan fingerprint density at radius 1 is 0.667 bits per heavy atom. The summed E-state index contributed by atoms with van der Waals surface area (Å²) in [5.74, 6) is 4.66. The van der Waals surface area contributed by atoms with Crippen molar-refractivity contribution in [3.8, 4) is 0 Å². The van der Waals surface area contributed by atoms with E-state index in [1.807, 2.05) is 24.3 Å². The van der Waals surface area contributed by atoms with E-state index in [9.17, 15) is 9.59 Å². The van der Waals surface area contributed by atoms with Gasteiger partial charge in [0.05, 0.1) is 27.7 Å². The van der Waals surface area contributed by atoms with Gasteiger partial charge >= 0.3 is 0 Å². The maximum atomic E-state index is 13.9. The highest BCUT2D eigenvalue weighted by molar-refractivity contribution is 6.06. The van der Waals surface area contributed by atoms with Crippen LogP contribution in [0, 0.1) is 46.3 Å². The molecule has 188 valence electrons. The predicted molar refractivity (Wildman–Crippen MR) is 140 cm³/mol. The smallest absolute Gasteiger partial charge is 0.230 e. The normalized spacial score (nSPS) is 41.6. The van der Waals surface area contributed by atoms with Gasteiger partial charge in [-0.2, -0.15) is 0 Å². The van der Waals surface area contributed by atoms with Crippen molar-refractivity contribution in [1.82, 2.24) is 4.98 Å². The number of nitrogens with zero attached hydrogens (tertiary/aromatic N) is 1. The van der Waals surface area contributed by atoms with Crippen LogP contribution in [0.5, 0.6) is 0 Å². The average Bonchev–Trinajstić information content (AvgIpc) is 2.82. The van der Waals surface area contributed by atoms with E-state index < -0.39 is 0 Å². The van der Waals surface area contributed by atoms with Gasteiger partial charge in [0.1, 0.15) is 0 Å². The lowest BCUT2D eigenvalue weighted by atomic mass is 9.49. The zero-order chi connectivity index (χ0) is 24.1. The second-order valence-corrected chi connectivity index (χ2v) is 13.9. The topological polar surface area (TPSA) is 71.1 Å². The molecule has 36 heavy (non-hydrogen) atoms. The van der Waals surface area contributed by atoms with Gasteiger partial charge < -0.3 is 10.6 Å². The molecule has 5 heteroatoms. The molecule has 5 nitrogen and oxygen atoms in total. The third kappa shape index (κ3) is 3.30. The Morgan fingerprint density at radius 2 is 1.08 bits per heavy atom. The van der Waals surface area contributed by atoms with Crippen molar-refractivity contribution in [2.45, 2.75) is 77.0 Å². The van der Waals surface area contributed by atoms with Crippen molar-refractivity contribution < 1.29 is 9.59 Å². The van der Waals surface area contributed by atoms with Gasteiger partial charge in [-0.05, 0) is 131 Å². The molecular weight excluding hydrogens is 446 g/mol. The second-order valence-electron chi connectivity index (χ2n) is 13.9. The minimum absolute atomic E-state index is 0.169. The van der Waals surface area contributed by atoms with Crippen LogP contribution < -0.4 is 10.6 Å². The summed E-state index contributed by atoms with van der Waals surface area (Å²) in [6.45, 7) is 0. The van der Waals surface area contributed by atoms with E-state index in [0.29, 0.717) is 0 Å². The van der Waals surface area contributed by atoms with E-state index >= 15 is 0 Å². The zero-order valence-corrected chi connectivity index (χ0v) is 21.1. The molecule has 1 heterocycles. The van der Waals surface area contributed by atoms with Crippen LogP contribution in [-0.2, 0) is 9.59 Å². The van der Waals surface area contributed by atoms with Crippen LogP contribution in [0.2, 0.25) is 0 Å². The number of nitrogens with one attached hydrogen (secondary N) is 2. The average molecular weight is 484 g/mol. The van der Waals surface area contributed by atoms with Gasteiger partial charge in [0.15, 0.2) is 0 Å². The van der Waals surface area contributed by atoms with Crippen LogP contribution in [0.4, 0.5) is 11.4 Å². The third-order valence-corrected chi connectivity index (χ3v) is 11.3. The SMILES string of the molecule is O=C(Nc1cc2cccnc2cc1NC(=O)C12CC3CC(CC(C3)C1)C2)C12CC3CC(CC(C3)C1)C2. The minimum Gasteiger partial charge on any atom is -0.324 e. The first-order valence-electron chi connectivity index (χ1n) is 14.5. The number of carbonyl (C=O) groups excluding carboxylic acids is 2. The number of benzene rings is 1. The number of fused-ring (bicyclic) bond motifs is 1. The first kappa shape index (κ1) is 21.6. The summed E-state index contributed by atoms with van der Waals surface area (Å²) in [7, 11) is 0. The molecule has 10 rings (SSSR count). The van der Waals surface area contributed by atoms with E-state index in [4.69, 9.17) is 0 Å². The Morgan fingerprint density at radius 3 is 1.53 bits per heavy atom. The van der Waals surface area contributed by atoms with E-state index in [0.717, 1.165) is 96.3 Å². The summed E-state index contributed by atoms with van der Waals surface area (Å²) >= 11 is 0. The lowest BCUT2D eigenvalue weighted by molar-refractivity contribution is -0.141. The highest BCUT2D eigenvalue weighted by atomic mass is 16.2. The Labute approximate surface area is 213 Å². The highest BCUT2D eigenvalue weighted by Gasteiger charge is 2.56. The number of aromatic nitrogens is 1. The van der Waals surface area contributed by atoms with Gasteiger partial charge in [-0.25, -0.2) is 0 Å². The van der Waals surface area contributed by atoms with Gasteiger partial charge in [0.25, 0.3) is 0 Å². The van der Waals surface area contributed by atoms with Crippen molar-refractivity contribution in [2.24, 2.45) is 46.3 Å². The summed E-state index contributed by atoms with van der Waals surface area (Å²) in [4.78, 5) is 32.4. The first-order chi connectivity index (χ1) is 17.5. The Bertz CT molecular complexity index is 1100. The molecule has 8 saturated carbocycles. The minimum atomic E-state index is -0.227. The lowest BCUT2D eigenvalue weighted by Crippen LogP contribution is -2.52. The molecule has 2 amide bonds. The van der Waals surface area contributed by atoms with Crippen LogP contribution >= 0.6 is 0 Å². The molecule has 0 atom stereocenters. The number of anilines is 2. The van der Waals surface area contributed by atoms with E-state index in [-0.39, 0.29) is 22.6 Å². The quantitative estimate of drug-likeness (QED) is 0.518. The molecule has 8 fully saturated rings. The van der Waals surface area contributed by atoms with Crippen molar-refractivity contribution in [3.05, 3.63) is 30.5 Å². The summed E-state index contributed by atoms with van der Waals surface area (Å²) < 4.78 is 0. The van der Waals surface area contributed by atoms with Crippen LogP contribution in [0.3, 0.4) is 0 Å². The molecular formula is C31H37N3O2. The van der Waals surface area contributed by atoms with E-state index in [2.05, 4.69) is 15.6 Å². The molecule has 1 aromatic heterocycles. The number of hydrogen-bond acceptors (Lipinski definition) is 3. The summed E-state index contributed by atoms with van der Waals surface area (Å²) in [5, 5.41) is 7.69. The fraction of sp³-hybridized carbons (Fsp3) is 0.645. The fourth-order valence-corrected chi connectivity index (χ4v) is 10.6. The molecule has 0 unspecified atom stereocenters. The van der Waals surface area contributed by atoms with E-state index in [1.54, 1.807) is 6.20 Å². The Hall–Kier alpha value is -2.43. The van der Waals surface area contributed by atoms with Gasteiger partial charge in [0.2, 0.25) is 11.8 Å². The summed E-state index contributed by atoms with van der Waals surface area (Å²) in [5.41, 5.74) is 1.87. The van der Waals surface area contributed by atoms with Gasteiger partial charge in [-0.3, -0.25) is 14.6 Å². The maximum Gasteiger partial charge on any atom is 0.230 e. The summed E-state index contributed by atoms with van der Waals surface area (Å²) in [6, 6.07) is 7.97. The molecule has 0 spiro atoms. The molecule has 2 aromatic rings. The molecule has 0 radical (unpaired) electrons. The molecule has 8 aliphatic rings. The van der Waals surface area contributed by atoms with Crippen LogP contribution in [0.25, 0.3) is 10.9 Å².